The third-order valence-electron chi connectivity index (χ3n) is 3.19. The number of methoxy groups -OCH3 is 1. The maximum Gasteiger partial charge on any atom is 0.213 e. The summed E-state index contributed by atoms with van der Waals surface area (Å²) in [6, 6.07) is 3.62. The van der Waals surface area contributed by atoms with E-state index < -0.39 is 0 Å². The van der Waals surface area contributed by atoms with E-state index in [9.17, 15) is 0 Å². The van der Waals surface area contributed by atoms with E-state index in [-0.39, 0.29) is 11.1 Å². The van der Waals surface area contributed by atoms with Crippen LogP contribution >= 0.6 is 11.6 Å². The van der Waals surface area contributed by atoms with Crippen molar-refractivity contribution in [2.24, 2.45) is 0 Å². The van der Waals surface area contributed by atoms with Gasteiger partial charge in [0.2, 0.25) is 5.88 Å². The van der Waals surface area contributed by atoms with Crippen molar-refractivity contribution in [3.8, 4) is 5.88 Å². The summed E-state index contributed by atoms with van der Waals surface area (Å²) in [7, 11) is 1.71. The van der Waals surface area contributed by atoms with Crippen LogP contribution in [0.25, 0.3) is 0 Å². The van der Waals surface area contributed by atoms with E-state index in [2.05, 4.69) is 31.1 Å². The van der Waals surface area contributed by atoms with Crippen LogP contribution in [0.3, 0.4) is 0 Å². The minimum atomic E-state index is -0.191. The topological polar surface area (TPSA) is 43.4 Å². The minimum Gasteiger partial charge on any atom is -0.478 e. The molecule has 0 saturated carbocycles. The molecule has 0 bridgehead atoms. The zero-order chi connectivity index (χ0) is 16.1. The van der Waals surface area contributed by atoms with Crippen molar-refractivity contribution in [1.82, 2.24) is 10.3 Å². The molecule has 1 aromatic heterocycles. The normalized spacial score (nSPS) is 12.5. The highest BCUT2D eigenvalue weighted by molar-refractivity contribution is 6.31. The van der Waals surface area contributed by atoms with Gasteiger partial charge in [-0.15, -0.1) is 0 Å². The molecule has 1 N–H and O–H groups in total. The lowest BCUT2D eigenvalue weighted by atomic mass is 10.1. The Kier molecular flexibility index (Phi) is 6.44. The van der Waals surface area contributed by atoms with Gasteiger partial charge in [0.1, 0.15) is 0 Å². The Morgan fingerprint density at radius 2 is 1.86 bits per heavy atom. The van der Waals surface area contributed by atoms with Crippen molar-refractivity contribution >= 4 is 11.6 Å². The molecular formula is C16H27ClN2O2. The van der Waals surface area contributed by atoms with Crippen LogP contribution in [0.4, 0.5) is 0 Å². The minimum absolute atomic E-state index is 0.0182. The van der Waals surface area contributed by atoms with Crippen LogP contribution in [0.2, 0.25) is 5.02 Å². The van der Waals surface area contributed by atoms with Gasteiger partial charge in [-0.2, -0.15) is 0 Å². The molecule has 1 heterocycles. The van der Waals surface area contributed by atoms with Crippen LogP contribution < -0.4 is 10.1 Å². The quantitative estimate of drug-likeness (QED) is 0.831. The molecule has 1 aromatic rings. The van der Waals surface area contributed by atoms with E-state index >= 15 is 0 Å². The first-order chi connectivity index (χ1) is 9.63. The summed E-state index contributed by atoms with van der Waals surface area (Å²) in [5.41, 5.74) is 0.628. The molecule has 0 aliphatic rings. The zero-order valence-corrected chi connectivity index (χ0v) is 14.7. The maximum atomic E-state index is 6.18. The average molecular weight is 315 g/mol. The van der Waals surface area contributed by atoms with E-state index in [4.69, 9.17) is 21.1 Å². The third-order valence-corrected chi connectivity index (χ3v) is 3.53. The van der Waals surface area contributed by atoms with Gasteiger partial charge < -0.3 is 14.8 Å². The Morgan fingerprint density at radius 3 is 2.43 bits per heavy atom. The lowest BCUT2D eigenvalue weighted by molar-refractivity contribution is 0.00507. The second kappa shape index (κ2) is 7.43. The van der Waals surface area contributed by atoms with E-state index in [1.807, 2.05) is 19.9 Å². The molecule has 0 atom stereocenters. The molecular weight excluding hydrogens is 288 g/mol. The fourth-order valence-corrected chi connectivity index (χ4v) is 1.69. The molecule has 21 heavy (non-hydrogen) atoms. The van der Waals surface area contributed by atoms with Crippen molar-refractivity contribution in [1.29, 1.82) is 0 Å². The van der Waals surface area contributed by atoms with E-state index in [0.29, 0.717) is 24.1 Å². The monoisotopic (exact) mass is 314 g/mol. The van der Waals surface area contributed by atoms with Gasteiger partial charge in [0.15, 0.2) is 0 Å². The smallest absolute Gasteiger partial charge is 0.213 e. The molecule has 1 rings (SSSR count). The van der Waals surface area contributed by atoms with Gasteiger partial charge in [-0.05, 0) is 40.7 Å². The summed E-state index contributed by atoms with van der Waals surface area (Å²) in [5.74, 6) is 0.594. The first-order valence-corrected chi connectivity index (χ1v) is 7.59. The molecule has 0 aromatic carbocycles. The Morgan fingerprint density at radius 1 is 1.19 bits per heavy atom. The van der Waals surface area contributed by atoms with Gasteiger partial charge in [0, 0.05) is 31.7 Å². The molecule has 0 aliphatic heterocycles. The van der Waals surface area contributed by atoms with Gasteiger partial charge in [0.05, 0.1) is 22.9 Å². The number of hydrogen-bond acceptors (Lipinski definition) is 4. The standard InChI is InChI=1S/C16H27ClN2O2/c1-15(2,3)18-11-13-12(17)7-8-14(19-13)21-10-9-16(4,5)20-6/h7-8,18H,9-11H2,1-6H3. The van der Waals surface area contributed by atoms with Gasteiger partial charge in [-0.3, -0.25) is 0 Å². The summed E-state index contributed by atoms with van der Waals surface area (Å²) in [5, 5.41) is 4.02. The molecule has 0 saturated heterocycles. The summed E-state index contributed by atoms with van der Waals surface area (Å²) in [6.07, 6.45) is 0.795. The van der Waals surface area contributed by atoms with Gasteiger partial charge in [0.25, 0.3) is 0 Å². The number of aromatic nitrogens is 1. The molecule has 5 heteroatoms. The van der Waals surface area contributed by atoms with E-state index in [1.54, 1.807) is 13.2 Å². The number of ether oxygens (including phenoxy) is 2. The van der Waals surface area contributed by atoms with Gasteiger partial charge >= 0.3 is 0 Å². The van der Waals surface area contributed by atoms with Crippen LogP contribution in [-0.2, 0) is 11.3 Å². The van der Waals surface area contributed by atoms with Crippen molar-refractivity contribution < 1.29 is 9.47 Å². The lowest BCUT2D eigenvalue weighted by Gasteiger charge is -2.23. The largest absolute Gasteiger partial charge is 0.478 e. The SMILES string of the molecule is COC(C)(C)CCOc1ccc(Cl)c(CNC(C)(C)C)n1. The van der Waals surface area contributed by atoms with Crippen molar-refractivity contribution in [3.05, 3.63) is 22.8 Å². The van der Waals surface area contributed by atoms with Crippen LogP contribution in [-0.4, -0.2) is 29.8 Å². The van der Waals surface area contributed by atoms with E-state index in [1.165, 1.54) is 0 Å². The van der Waals surface area contributed by atoms with Crippen LogP contribution in [0, 0.1) is 0 Å². The number of halogens is 1. The zero-order valence-electron chi connectivity index (χ0n) is 13.9. The van der Waals surface area contributed by atoms with Gasteiger partial charge in [-0.1, -0.05) is 11.6 Å². The van der Waals surface area contributed by atoms with Gasteiger partial charge in [-0.25, -0.2) is 4.98 Å². The molecule has 0 unspecified atom stereocenters. The molecule has 4 nitrogen and oxygen atoms in total. The van der Waals surface area contributed by atoms with Crippen LogP contribution in [0.5, 0.6) is 5.88 Å². The Bertz CT molecular complexity index is 456. The van der Waals surface area contributed by atoms with Crippen molar-refractivity contribution in [3.63, 3.8) is 0 Å². The molecule has 0 amide bonds. The summed E-state index contributed by atoms with van der Waals surface area (Å²) >= 11 is 6.18. The summed E-state index contributed by atoms with van der Waals surface area (Å²) < 4.78 is 11.1. The fourth-order valence-electron chi connectivity index (χ4n) is 1.52. The molecule has 0 aliphatic carbocycles. The number of rotatable bonds is 7. The number of hydrogen-bond donors (Lipinski definition) is 1. The predicted octanol–water partition coefficient (Wildman–Crippen LogP) is 3.82. The Labute approximate surface area is 133 Å². The second-order valence-corrected chi connectivity index (χ2v) is 7.15. The lowest BCUT2D eigenvalue weighted by Crippen LogP contribution is -2.35. The Hall–Kier alpha value is -0.840. The molecule has 120 valence electrons. The maximum absolute atomic E-state index is 6.18. The predicted molar refractivity (Wildman–Crippen MR) is 87.0 cm³/mol. The number of nitrogens with one attached hydrogen (secondary N) is 1. The molecule has 0 spiro atoms. The Balaban J connectivity index is 2.60. The molecule has 0 fully saturated rings. The highest BCUT2D eigenvalue weighted by atomic mass is 35.5. The van der Waals surface area contributed by atoms with Crippen molar-refractivity contribution in [2.45, 2.75) is 58.7 Å². The van der Waals surface area contributed by atoms with Crippen LogP contribution in [0.1, 0.15) is 46.7 Å². The second-order valence-electron chi connectivity index (χ2n) is 6.74. The highest BCUT2D eigenvalue weighted by Crippen LogP contribution is 2.20. The van der Waals surface area contributed by atoms with Crippen molar-refractivity contribution in [2.75, 3.05) is 13.7 Å². The first kappa shape index (κ1) is 18.2. The fraction of sp³-hybridized carbons (Fsp3) is 0.688. The summed E-state index contributed by atoms with van der Waals surface area (Å²) in [6.45, 7) is 11.6. The molecule has 0 radical (unpaired) electrons. The summed E-state index contributed by atoms with van der Waals surface area (Å²) in [4.78, 5) is 4.46. The number of nitrogens with zero attached hydrogens (tertiary/aromatic N) is 1. The third kappa shape index (κ3) is 7.11. The first-order valence-electron chi connectivity index (χ1n) is 7.21. The highest BCUT2D eigenvalue weighted by Gasteiger charge is 2.16. The van der Waals surface area contributed by atoms with E-state index in [0.717, 1.165) is 12.1 Å². The number of pyridine rings is 1. The van der Waals surface area contributed by atoms with Crippen LogP contribution in [0.15, 0.2) is 12.1 Å². The average Bonchev–Trinajstić information content (AvgIpc) is 2.38.